The molecule has 3 aromatic rings. The van der Waals surface area contributed by atoms with Gasteiger partial charge in [-0.25, -0.2) is 8.42 Å². The number of carbonyl (C=O) groups excluding carboxylic acids is 1. The molecule has 5 nitrogen and oxygen atoms in total. The summed E-state index contributed by atoms with van der Waals surface area (Å²) in [5, 5.41) is 2.74. The molecule has 0 aliphatic heterocycles. The molecule has 1 N–H and O–H groups in total. The molecule has 0 unspecified atom stereocenters. The van der Waals surface area contributed by atoms with Crippen LogP contribution in [0.15, 0.2) is 83.8 Å². The Hall–Kier alpha value is -2.39. The van der Waals surface area contributed by atoms with Gasteiger partial charge in [-0.1, -0.05) is 24.3 Å². The van der Waals surface area contributed by atoms with Gasteiger partial charge in [-0.15, -0.1) is 0 Å². The van der Waals surface area contributed by atoms with E-state index >= 15 is 0 Å². The van der Waals surface area contributed by atoms with E-state index in [2.05, 4.69) is 27.9 Å². The number of nitrogens with zero attached hydrogens (tertiary/aromatic N) is 1. The second-order valence-electron chi connectivity index (χ2n) is 5.80. The summed E-state index contributed by atoms with van der Waals surface area (Å²) in [5.41, 5.74) is 1.48. The zero-order chi connectivity index (χ0) is 19.4. The number of amides is 1. The lowest BCUT2D eigenvalue weighted by molar-refractivity contribution is 0.102. The molecule has 3 rings (SSSR count). The normalized spacial score (nSPS) is 11.0. The first-order valence-electron chi connectivity index (χ1n) is 8.09. The van der Waals surface area contributed by atoms with Crippen LogP contribution in [0.2, 0.25) is 0 Å². The first kappa shape index (κ1) is 19.4. The molecule has 0 aromatic heterocycles. The first-order chi connectivity index (χ1) is 12.9. The van der Waals surface area contributed by atoms with Gasteiger partial charge in [-0.3, -0.25) is 9.10 Å². The molecule has 0 aliphatic carbocycles. The summed E-state index contributed by atoms with van der Waals surface area (Å²) < 4.78 is 28.0. The number of carbonyl (C=O) groups is 1. The third-order valence-electron chi connectivity index (χ3n) is 3.98. The van der Waals surface area contributed by atoms with Crippen molar-refractivity contribution in [2.24, 2.45) is 0 Å². The topological polar surface area (TPSA) is 66.5 Å². The minimum atomic E-state index is -3.74. The molecule has 0 fully saturated rings. The molecule has 0 saturated heterocycles. The van der Waals surface area contributed by atoms with Gasteiger partial charge in [-0.2, -0.15) is 0 Å². The standard InChI is InChI=1S/C20H17IN2O3S/c1-23(18-7-3-2-4-8-18)27(25,26)19-9-5-6-17(14-19)22-20(24)15-10-12-16(21)13-11-15/h2-14H,1H3,(H,22,24). The number of benzene rings is 3. The fourth-order valence-corrected chi connectivity index (χ4v) is 4.08. The van der Waals surface area contributed by atoms with Gasteiger partial charge in [0.1, 0.15) is 0 Å². The Morgan fingerprint density at radius 2 is 1.59 bits per heavy atom. The van der Waals surface area contributed by atoms with E-state index in [-0.39, 0.29) is 10.8 Å². The van der Waals surface area contributed by atoms with Crippen LogP contribution in [0.5, 0.6) is 0 Å². The predicted octanol–water partition coefficient (Wildman–Crippen LogP) is 4.37. The number of para-hydroxylation sites is 1. The molecule has 7 heteroatoms. The van der Waals surface area contributed by atoms with Crippen molar-refractivity contribution in [2.75, 3.05) is 16.7 Å². The van der Waals surface area contributed by atoms with Crippen LogP contribution in [-0.2, 0) is 10.0 Å². The van der Waals surface area contributed by atoms with Crippen LogP contribution in [0.1, 0.15) is 10.4 Å². The zero-order valence-electron chi connectivity index (χ0n) is 14.5. The molecule has 0 heterocycles. The van der Waals surface area contributed by atoms with Crippen LogP contribution in [0.25, 0.3) is 0 Å². The van der Waals surface area contributed by atoms with Crippen molar-refractivity contribution in [3.05, 3.63) is 88.0 Å². The number of rotatable bonds is 5. The molecule has 0 radical (unpaired) electrons. The van der Waals surface area contributed by atoms with Crippen LogP contribution in [0, 0.1) is 3.57 Å². The molecule has 27 heavy (non-hydrogen) atoms. The van der Waals surface area contributed by atoms with E-state index in [1.54, 1.807) is 48.5 Å². The minimum Gasteiger partial charge on any atom is -0.322 e. The highest BCUT2D eigenvalue weighted by Gasteiger charge is 2.21. The maximum absolute atomic E-state index is 12.9. The Kier molecular flexibility index (Phi) is 5.81. The summed E-state index contributed by atoms with van der Waals surface area (Å²) in [4.78, 5) is 12.5. The smallest absolute Gasteiger partial charge is 0.264 e. The fraction of sp³-hybridized carbons (Fsp3) is 0.0500. The summed E-state index contributed by atoms with van der Waals surface area (Å²) >= 11 is 2.16. The summed E-state index contributed by atoms with van der Waals surface area (Å²) in [5.74, 6) is -0.294. The molecule has 0 atom stereocenters. The van der Waals surface area contributed by atoms with Crippen LogP contribution in [0.3, 0.4) is 0 Å². The van der Waals surface area contributed by atoms with Gasteiger partial charge in [0.15, 0.2) is 0 Å². The zero-order valence-corrected chi connectivity index (χ0v) is 17.4. The van der Waals surface area contributed by atoms with Gasteiger partial charge < -0.3 is 5.32 Å². The van der Waals surface area contributed by atoms with Crippen LogP contribution >= 0.6 is 22.6 Å². The molecule has 0 bridgehead atoms. The van der Waals surface area contributed by atoms with E-state index in [0.29, 0.717) is 16.9 Å². The van der Waals surface area contributed by atoms with Crippen molar-refractivity contribution >= 4 is 49.9 Å². The third kappa shape index (κ3) is 4.48. The first-order valence-corrected chi connectivity index (χ1v) is 10.6. The summed E-state index contributed by atoms with van der Waals surface area (Å²) in [6, 6.07) is 22.2. The highest BCUT2D eigenvalue weighted by Crippen LogP contribution is 2.24. The largest absolute Gasteiger partial charge is 0.322 e. The SMILES string of the molecule is CN(c1ccccc1)S(=O)(=O)c1cccc(NC(=O)c2ccc(I)cc2)c1. The second kappa shape index (κ2) is 8.10. The molecule has 3 aromatic carbocycles. The van der Waals surface area contributed by atoms with Gasteiger partial charge in [0.2, 0.25) is 0 Å². The van der Waals surface area contributed by atoms with Gasteiger partial charge in [0.05, 0.1) is 10.6 Å². The number of sulfonamides is 1. The number of hydrogen-bond acceptors (Lipinski definition) is 3. The Morgan fingerprint density at radius 3 is 2.26 bits per heavy atom. The lowest BCUT2D eigenvalue weighted by Gasteiger charge is -2.19. The summed E-state index contributed by atoms with van der Waals surface area (Å²) in [6.07, 6.45) is 0. The van der Waals surface area contributed by atoms with Gasteiger partial charge in [0.25, 0.3) is 15.9 Å². The Labute approximate surface area is 172 Å². The molecule has 1 amide bonds. The van der Waals surface area contributed by atoms with E-state index < -0.39 is 10.0 Å². The molecule has 0 spiro atoms. The Morgan fingerprint density at radius 1 is 0.926 bits per heavy atom. The number of anilines is 2. The monoisotopic (exact) mass is 492 g/mol. The quantitative estimate of drug-likeness (QED) is 0.539. The lowest BCUT2D eigenvalue weighted by atomic mass is 10.2. The number of halogens is 1. The van der Waals surface area contributed by atoms with E-state index in [1.807, 2.05) is 18.2 Å². The van der Waals surface area contributed by atoms with Crippen LogP contribution < -0.4 is 9.62 Å². The van der Waals surface area contributed by atoms with Crippen molar-refractivity contribution in [3.8, 4) is 0 Å². The average Bonchev–Trinajstić information content (AvgIpc) is 2.68. The van der Waals surface area contributed by atoms with Gasteiger partial charge in [-0.05, 0) is 77.2 Å². The molecule has 0 saturated carbocycles. The fourth-order valence-electron chi connectivity index (χ4n) is 2.47. The van der Waals surface area contributed by atoms with Crippen molar-refractivity contribution < 1.29 is 13.2 Å². The minimum absolute atomic E-state index is 0.106. The van der Waals surface area contributed by atoms with E-state index in [9.17, 15) is 13.2 Å². The van der Waals surface area contributed by atoms with Gasteiger partial charge >= 0.3 is 0 Å². The highest BCUT2D eigenvalue weighted by molar-refractivity contribution is 14.1. The van der Waals surface area contributed by atoms with Crippen molar-refractivity contribution in [2.45, 2.75) is 4.90 Å². The van der Waals surface area contributed by atoms with E-state index in [1.165, 1.54) is 23.5 Å². The van der Waals surface area contributed by atoms with Crippen molar-refractivity contribution in [1.29, 1.82) is 0 Å². The van der Waals surface area contributed by atoms with Gasteiger partial charge in [0, 0.05) is 21.9 Å². The number of hydrogen-bond donors (Lipinski definition) is 1. The van der Waals surface area contributed by atoms with Crippen molar-refractivity contribution in [3.63, 3.8) is 0 Å². The molecule has 0 aliphatic rings. The van der Waals surface area contributed by atoms with Crippen LogP contribution in [0.4, 0.5) is 11.4 Å². The maximum Gasteiger partial charge on any atom is 0.264 e. The highest BCUT2D eigenvalue weighted by atomic mass is 127. The Bertz CT molecular complexity index is 1050. The summed E-state index contributed by atoms with van der Waals surface area (Å²) in [6.45, 7) is 0. The third-order valence-corrected chi connectivity index (χ3v) is 6.48. The molecular weight excluding hydrogens is 475 g/mol. The predicted molar refractivity (Wildman–Crippen MR) is 116 cm³/mol. The summed E-state index contributed by atoms with van der Waals surface area (Å²) in [7, 11) is -2.24. The van der Waals surface area contributed by atoms with Crippen LogP contribution in [-0.4, -0.2) is 21.4 Å². The van der Waals surface area contributed by atoms with E-state index in [4.69, 9.17) is 0 Å². The number of nitrogens with one attached hydrogen (secondary N) is 1. The lowest BCUT2D eigenvalue weighted by Crippen LogP contribution is -2.26. The maximum atomic E-state index is 12.9. The molecular formula is C20H17IN2O3S. The second-order valence-corrected chi connectivity index (χ2v) is 9.01. The average molecular weight is 492 g/mol. The van der Waals surface area contributed by atoms with Crippen molar-refractivity contribution in [1.82, 2.24) is 0 Å². The Balaban J connectivity index is 1.84. The molecule has 138 valence electrons. The van der Waals surface area contributed by atoms with E-state index in [0.717, 1.165) is 3.57 Å².